The van der Waals surface area contributed by atoms with Gasteiger partial charge in [-0.3, -0.25) is 0 Å². The molecule has 1 aromatic rings. The summed E-state index contributed by atoms with van der Waals surface area (Å²) in [5, 5.41) is 0. The van der Waals surface area contributed by atoms with Gasteiger partial charge in [0, 0.05) is 4.91 Å². The van der Waals surface area contributed by atoms with Crippen LogP contribution in [0.25, 0.3) is 6.08 Å². The fourth-order valence-electron chi connectivity index (χ4n) is 1.99. The van der Waals surface area contributed by atoms with Crippen LogP contribution in [0.2, 0.25) is 0 Å². The number of rotatable bonds is 3. The maximum Gasteiger partial charge on any atom is 0.203 e. The van der Waals surface area contributed by atoms with Gasteiger partial charge >= 0.3 is 0 Å². The maximum absolute atomic E-state index is 12.1. The lowest BCUT2D eigenvalue weighted by Gasteiger charge is -2.07. The van der Waals surface area contributed by atoms with Gasteiger partial charge in [0.25, 0.3) is 0 Å². The summed E-state index contributed by atoms with van der Waals surface area (Å²) < 4.78 is 24.1. The summed E-state index contributed by atoms with van der Waals surface area (Å²) in [6.45, 7) is 2.22. The molecule has 0 saturated heterocycles. The summed E-state index contributed by atoms with van der Waals surface area (Å²) in [4.78, 5) is 0.920. The zero-order chi connectivity index (χ0) is 11.8. The van der Waals surface area contributed by atoms with Crippen molar-refractivity contribution in [2.45, 2.75) is 24.7 Å². The van der Waals surface area contributed by atoms with Crippen molar-refractivity contribution in [3.8, 4) is 0 Å². The van der Waals surface area contributed by atoms with E-state index in [1.807, 2.05) is 18.2 Å². The molecule has 2 N–H and O–H groups in total. The van der Waals surface area contributed by atoms with Crippen molar-refractivity contribution in [2.24, 2.45) is 5.73 Å². The van der Waals surface area contributed by atoms with Crippen molar-refractivity contribution in [2.75, 3.05) is 6.54 Å². The van der Waals surface area contributed by atoms with Crippen LogP contribution in [0, 0.1) is 0 Å². The SMILES string of the molecule is CC1=Cc2cccc(CCCN)c2S1(=O)=O. The number of fused-ring (bicyclic) bond motifs is 1. The Kier molecular flexibility index (Phi) is 2.86. The number of hydrogen-bond acceptors (Lipinski definition) is 3. The number of benzene rings is 1. The second-order valence-corrected chi connectivity index (χ2v) is 6.05. The zero-order valence-corrected chi connectivity index (χ0v) is 10.0. The predicted octanol–water partition coefficient (Wildman–Crippen LogP) is 1.73. The highest BCUT2D eigenvalue weighted by Crippen LogP contribution is 2.35. The molecule has 0 aliphatic carbocycles. The Morgan fingerprint density at radius 2 is 2.06 bits per heavy atom. The summed E-state index contributed by atoms with van der Waals surface area (Å²) in [6.07, 6.45) is 3.27. The normalized spacial score (nSPS) is 17.0. The third-order valence-electron chi connectivity index (χ3n) is 2.83. The Morgan fingerprint density at radius 3 is 2.75 bits per heavy atom. The van der Waals surface area contributed by atoms with E-state index in [1.165, 1.54) is 0 Å². The van der Waals surface area contributed by atoms with Crippen molar-refractivity contribution in [3.05, 3.63) is 34.2 Å². The van der Waals surface area contributed by atoms with E-state index in [-0.39, 0.29) is 0 Å². The molecule has 0 radical (unpaired) electrons. The van der Waals surface area contributed by atoms with Gasteiger partial charge in [-0.05, 0) is 43.5 Å². The van der Waals surface area contributed by atoms with E-state index >= 15 is 0 Å². The van der Waals surface area contributed by atoms with Gasteiger partial charge in [-0.15, -0.1) is 0 Å². The lowest BCUT2D eigenvalue weighted by molar-refractivity contribution is 0.601. The summed E-state index contributed by atoms with van der Waals surface area (Å²) in [5.41, 5.74) is 7.15. The molecule has 4 heteroatoms. The number of sulfone groups is 1. The van der Waals surface area contributed by atoms with Crippen LogP contribution >= 0.6 is 0 Å². The molecule has 0 unspecified atom stereocenters. The summed E-state index contributed by atoms with van der Waals surface area (Å²) >= 11 is 0. The number of allylic oxidation sites excluding steroid dienone is 1. The first kappa shape index (κ1) is 11.4. The van der Waals surface area contributed by atoms with Crippen LogP contribution in [0.1, 0.15) is 24.5 Å². The van der Waals surface area contributed by atoms with Gasteiger partial charge in [-0.2, -0.15) is 0 Å². The van der Waals surface area contributed by atoms with Crippen LogP contribution in [-0.2, 0) is 16.3 Å². The van der Waals surface area contributed by atoms with E-state index in [9.17, 15) is 8.42 Å². The average molecular weight is 237 g/mol. The molecule has 16 heavy (non-hydrogen) atoms. The molecule has 0 spiro atoms. The largest absolute Gasteiger partial charge is 0.330 e. The van der Waals surface area contributed by atoms with E-state index in [0.717, 1.165) is 24.0 Å². The average Bonchev–Trinajstić information content (AvgIpc) is 2.48. The van der Waals surface area contributed by atoms with Gasteiger partial charge in [0.2, 0.25) is 9.84 Å². The maximum atomic E-state index is 12.1. The van der Waals surface area contributed by atoms with Gasteiger partial charge < -0.3 is 5.73 Å². The Labute approximate surface area is 95.9 Å². The van der Waals surface area contributed by atoms with Crippen LogP contribution in [0.15, 0.2) is 28.0 Å². The molecule has 1 aliphatic heterocycles. The molecule has 1 aliphatic rings. The minimum Gasteiger partial charge on any atom is -0.330 e. The van der Waals surface area contributed by atoms with Crippen LogP contribution in [0.5, 0.6) is 0 Å². The zero-order valence-electron chi connectivity index (χ0n) is 9.23. The lowest BCUT2D eigenvalue weighted by Crippen LogP contribution is -2.06. The minimum absolute atomic E-state index is 0.433. The molecule has 2 rings (SSSR count). The molecular weight excluding hydrogens is 222 g/mol. The van der Waals surface area contributed by atoms with Gasteiger partial charge in [0.05, 0.1) is 4.90 Å². The van der Waals surface area contributed by atoms with E-state index in [4.69, 9.17) is 5.73 Å². The van der Waals surface area contributed by atoms with Crippen molar-refractivity contribution in [1.29, 1.82) is 0 Å². The number of hydrogen-bond donors (Lipinski definition) is 1. The Balaban J connectivity index is 2.53. The lowest BCUT2D eigenvalue weighted by atomic mass is 10.1. The highest BCUT2D eigenvalue weighted by atomic mass is 32.2. The van der Waals surface area contributed by atoms with E-state index in [2.05, 4.69) is 0 Å². The first-order valence-corrected chi connectivity index (χ1v) is 6.81. The molecule has 0 fully saturated rings. The summed E-state index contributed by atoms with van der Waals surface area (Å²) in [6, 6.07) is 5.61. The van der Waals surface area contributed by atoms with Crippen LogP contribution in [0.3, 0.4) is 0 Å². The topological polar surface area (TPSA) is 60.2 Å². The molecule has 0 bridgehead atoms. The van der Waals surface area contributed by atoms with Crippen LogP contribution in [-0.4, -0.2) is 15.0 Å². The Hall–Kier alpha value is -1.13. The third kappa shape index (κ3) is 1.68. The highest BCUT2D eigenvalue weighted by Gasteiger charge is 2.28. The molecule has 0 atom stereocenters. The van der Waals surface area contributed by atoms with Crippen molar-refractivity contribution in [1.82, 2.24) is 0 Å². The quantitative estimate of drug-likeness (QED) is 0.870. The highest BCUT2D eigenvalue weighted by molar-refractivity contribution is 7.95. The first-order valence-electron chi connectivity index (χ1n) is 5.32. The fraction of sp³-hybridized carbons (Fsp3) is 0.333. The molecular formula is C12H15NO2S. The molecule has 0 amide bonds. The van der Waals surface area contributed by atoms with Crippen molar-refractivity contribution >= 4 is 15.9 Å². The smallest absolute Gasteiger partial charge is 0.203 e. The van der Waals surface area contributed by atoms with E-state index < -0.39 is 9.84 Å². The second-order valence-electron chi connectivity index (χ2n) is 3.99. The monoisotopic (exact) mass is 237 g/mol. The standard InChI is InChI=1S/C12H15NO2S/c1-9-8-11-5-2-4-10(6-3-7-13)12(11)16(9,14)15/h2,4-5,8H,3,6-7,13H2,1H3. The molecule has 1 aromatic carbocycles. The van der Waals surface area contributed by atoms with Gasteiger partial charge in [0.15, 0.2) is 0 Å². The molecule has 0 saturated carbocycles. The van der Waals surface area contributed by atoms with E-state index in [0.29, 0.717) is 16.3 Å². The van der Waals surface area contributed by atoms with Gasteiger partial charge in [-0.1, -0.05) is 18.2 Å². The molecule has 3 nitrogen and oxygen atoms in total. The Bertz CT molecular complexity index is 544. The third-order valence-corrected chi connectivity index (χ3v) is 4.83. The number of nitrogens with two attached hydrogens (primary N) is 1. The molecule has 0 aromatic heterocycles. The van der Waals surface area contributed by atoms with E-state index in [1.54, 1.807) is 13.0 Å². The second kappa shape index (κ2) is 4.03. The molecule has 86 valence electrons. The fourth-order valence-corrected chi connectivity index (χ4v) is 3.55. The predicted molar refractivity (Wildman–Crippen MR) is 64.7 cm³/mol. The number of aryl methyl sites for hydroxylation is 1. The minimum atomic E-state index is -3.23. The summed E-state index contributed by atoms with van der Waals surface area (Å²) in [7, 11) is -3.23. The Morgan fingerprint density at radius 1 is 1.31 bits per heavy atom. The van der Waals surface area contributed by atoms with Gasteiger partial charge in [0.1, 0.15) is 0 Å². The molecule has 1 heterocycles. The van der Waals surface area contributed by atoms with Crippen LogP contribution in [0.4, 0.5) is 0 Å². The van der Waals surface area contributed by atoms with Crippen molar-refractivity contribution < 1.29 is 8.42 Å². The van der Waals surface area contributed by atoms with Gasteiger partial charge in [-0.25, -0.2) is 8.42 Å². The first-order chi connectivity index (χ1) is 7.57. The summed E-state index contributed by atoms with van der Waals surface area (Å²) in [5.74, 6) is 0. The van der Waals surface area contributed by atoms with Crippen molar-refractivity contribution in [3.63, 3.8) is 0 Å². The van der Waals surface area contributed by atoms with Crippen LogP contribution < -0.4 is 5.73 Å².